The summed E-state index contributed by atoms with van der Waals surface area (Å²) in [6.45, 7) is 2.09. The Morgan fingerprint density at radius 2 is 1.94 bits per heavy atom. The molecular formula is C13H15NO3. The SMILES string of the molecule is CC(=O)NCCC=Cc1ccc(C(=O)O)cc1. The highest BCUT2D eigenvalue weighted by molar-refractivity contribution is 5.87. The highest BCUT2D eigenvalue weighted by Gasteiger charge is 1.99. The lowest BCUT2D eigenvalue weighted by molar-refractivity contribution is -0.118. The third-order valence-electron chi connectivity index (χ3n) is 2.15. The Morgan fingerprint density at radius 3 is 2.47 bits per heavy atom. The summed E-state index contributed by atoms with van der Waals surface area (Å²) in [5, 5.41) is 11.4. The molecule has 1 rings (SSSR count). The number of benzene rings is 1. The second kappa shape index (κ2) is 6.48. The number of nitrogens with one attached hydrogen (secondary N) is 1. The minimum Gasteiger partial charge on any atom is -0.478 e. The summed E-state index contributed by atoms with van der Waals surface area (Å²) in [5.74, 6) is -0.963. The third-order valence-corrected chi connectivity index (χ3v) is 2.15. The minimum absolute atomic E-state index is 0.0378. The highest BCUT2D eigenvalue weighted by Crippen LogP contribution is 2.06. The molecule has 2 N–H and O–H groups in total. The summed E-state index contributed by atoms with van der Waals surface area (Å²) in [6, 6.07) is 6.63. The fourth-order valence-corrected chi connectivity index (χ4v) is 1.29. The Hall–Kier alpha value is -2.10. The number of carboxylic acids is 1. The van der Waals surface area contributed by atoms with Crippen LogP contribution in [0.25, 0.3) is 6.08 Å². The number of hydrogen-bond acceptors (Lipinski definition) is 2. The van der Waals surface area contributed by atoms with Gasteiger partial charge in [-0.2, -0.15) is 0 Å². The lowest BCUT2D eigenvalue weighted by Crippen LogP contribution is -2.20. The average Bonchev–Trinajstić information content (AvgIpc) is 2.29. The molecule has 0 aliphatic heterocycles. The molecule has 0 aliphatic carbocycles. The molecule has 0 radical (unpaired) electrons. The fraction of sp³-hybridized carbons (Fsp3) is 0.231. The molecule has 1 amide bonds. The number of carbonyl (C=O) groups excluding carboxylic acids is 1. The number of carbonyl (C=O) groups is 2. The van der Waals surface area contributed by atoms with Gasteiger partial charge in [0, 0.05) is 13.5 Å². The first-order valence-electron chi connectivity index (χ1n) is 5.34. The fourth-order valence-electron chi connectivity index (χ4n) is 1.29. The van der Waals surface area contributed by atoms with Crippen molar-refractivity contribution in [1.82, 2.24) is 5.32 Å². The second-order valence-corrected chi connectivity index (χ2v) is 3.60. The topological polar surface area (TPSA) is 66.4 Å². The van der Waals surface area contributed by atoms with E-state index in [0.717, 1.165) is 12.0 Å². The van der Waals surface area contributed by atoms with Crippen LogP contribution in [0.15, 0.2) is 30.3 Å². The van der Waals surface area contributed by atoms with E-state index in [1.54, 1.807) is 24.3 Å². The quantitative estimate of drug-likeness (QED) is 0.763. The predicted molar refractivity (Wildman–Crippen MR) is 65.7 cm³/mol. The number of aromatic carboxylic acids is 1. The molecule has 0 spiro atoms. The zero-order valence-corrected chi connectivity index (χ0v) is 9.64. The first-order chi connectivity index (χ1) is 8.09. The van der Waals surface area contributed by atoms with Crippen molar-refractivity contribution in [3.63, 3.8) is 0 Å². The van der Waals surface area contributed by atoms with Gasteiger partial charge in [-0.05, 0) is 24.1 Å². The van der Waals surface area contributed by atoms with E-state index in [1.165, 1.54) is 6.92 Å². The van der Waals surface area contributed by atoms with Gasteiger partial charge in [-0.25, -0.2) is 4.79 Å². The largest absolute Gasteiger partial charge is 0.478 e. The summed E-state index contributed by atoms with van der Waals surface area (Å²) in [5.41, 5.74) is 1.22. The molecule has 0 saturated carbocycles. The van der Waals surface area contributed by atoms with Crippen molar-refractivity contribution in [2.45, 2.75) is 13.3 Å². The standard InChI is InChI=1S/C13H15NO3/c1-10(15)14-9-3-2-4-11-5-7-12(8-6-11)13(16)17/h2,4-8H,3,9H2,1H3,(H,14,15)(H,16,17). The number of hydrogen-bond donors (Lipinski definition) is 2. The lowest BCUT2D eigenvalue weighted by atomic mass is 10.1. The molecule has 0 aliphatic rings. The van der Waals surface area contributed by atoms with Crippen LogP contribution < -0.4 is 5.32 Å². The number of carboxylic acid groups (broad SMARTS) is 1. The van der Waals surface area contributed by atoms with E-state index in [-0.39, 0.29) is 11.5 Å². The van der Waals surface area contributed by atoms with E-state index in [4.69, 9.17) is 5.11 Å². The Morgan fingerprint density at radius 1 is 1.29 bits per heavy atom. The van der Waals surface area contributed by atoms with Crippen molar-refractivity contribution in [2.24, 2.45) is 0 Å². The van der Waals surface area contributed by atoms with Crippen molar-refractivity contribution in [2.75, 3.05) is 6.54 Å². The van der Waals surface area contributed by atoms with Crippen LogP contribution >= 0.6 is 0 Å². The molecule has 4 nitrogen and oxygen atoms in total. The van der Waals surface area contributed by atoms with Crippen molar-refractivity contribution in [3.8, 4) is 0 Å². The van der Waals surface area contributed by atoms with Crippen LogP contribution in [0.2, 0.25) is 0 Å². The molecule has 4 heteroatoms. The summed E-state index contributed by atoms with van der Waals surface area (Å²) in [4.78, 5) is 21.2. The monoisotopic (exact) mass is 233 g/mol. The summed E-state index contributed by atoms with van der Waals surface area (Å²) in [7, 11) is 0. The molecule has 0 unspecified atom stereocenters. The lowest BCUT2D eigenvalue weighted by Gasteiger charge is -1.98. The third kappa shape index (κ3) is 4.97. The van der Waals surface area contributed by atoms with Gasteiger partial charge in [0.05, 0.1) is 5.56 Å². The van der Waals surface area contributed by atoms with Gasteiger partial charge >= 0.3 is 5.97 Å². The van der Waals surface area contributed by atoms with Crippen LogP contribution in [0.1, 0.15) is 29.3 Å². The first-order valence-corrected chi connectivity index (χ1v) is 5.34. The van der Waals surface area contributed by atoms with Crippen LogP contribution in [0.5, 0.6) is 0 Å². The van der Waals surface area contributed by atoms with Crippen LogP contribution in [0.3, 0.4) is 0 Å². The maximum absolute atomic E-state index is 10.6. The van der Waals surface area contributed by atoms with E-state index in [0.29, 0.717) is 6.54 Å². The van der Waals surface area contributed by atoms with E-state index < -0.39 is 5.97 Å². The van der Waals surface area contributed by atoms with Crippen molar-refractivity contribution in [1.29, 1.82) is 0 Å². The van der Waals surface area contributed by atoms with Gasteiger partial charge < -0.3 is 10.4 Å². The van der Waals surface area contributed by atoms with Crippen molar-refractivity contribution >= 4 is 18.0 Å². The van der Waals surface area contributed by atoms with Crippen molar-refractivity contribution < 1.29 is 14.7 Å². The van der Waals surface area contributed by atoms with Gasteiger partial charge in [-0.1, -0.05) is 24.3 Å². The molecule has 0 saturated heterocycles. The Kier molecular flexibility index (Phi) is 4.94. The van der Waals surface area contributed by atoms with Gasteiger partial charge in [0.1, 0.15) is 0 Å². The number of amides is 1. The molecule has 1 aromatic rings. The van der Waals surface area contributed by atoms with Crippen LogP contribution in [0, 0.1) is 0 Å². The Bertz CT molecular complexity index is 421. The smallest absolute Gasteiger partial charge is 0.335 e. The molecule has 0 atom stereocenters. The average molecular weight is 233 g/mol. The molecular weight excluding hydrogens is 218 g/mol. The second-order valence-electron chi connectivity index (χ2n) is 3.60. The maximum Gasteiger partial charge on any atom is 0.335 e. The molecule has 17 heavy (non-hydrogen) atoms. The van der Waals surface area contributed by atoms with Gasteiger partial charge in [0.15, 0.2) is 0 Å². The van der Waals surface area contributed by atoms with Gasteiger partial charge in [0.25, 0.3) is 0 Å². The summed E-state index contributed by atoms with van der Waals surface area (Å²) < 4.78 is 0. The molecule has 1 aromatic carbocycles. The van der Waals surface area contributed by atoms with Gasteiger partial charge in [-0.3, -0.25) is 4.79 Å². The van der Waals surface area contributed by atoms with E-state index >= 15 is 0 Å². The Labute approximate surface area is 100.0 Å². The zero-order valence-electron chi connectivity index (χ0n) is 9.64. The summed E-state index contributed by atoms with van der Waals surface area (Å²) >= 11 is 0. The molecule has 90 valence electrons. The van der Waals surface area contributed by atoms with Crippen LogP contribution in [-0.4, -0.2) is 23.5 Å². The molecule has 0 heterocycles. The van der Waals surface area contributed by atoms with E-state index in [1.807, 2.05) is 12.2 Å². The van der Waals surface area contributed by atoms with Gasteiger partial charge in [0.2, 0.25) is 5.91 Å². The molecule has 0 aromatic heterocycles. The minimum atomic E-state index is -0.925. The highest BCUT2D eigenvalue weighted by atomic mass is 16.4. The van der Waals surface area contributed by atoms with Crippen molar-refractivity contribution in [3.05, 3.63) is 41.5 Å². The molecule has 0 fully saturated rings. The van der Waals surface area contributed by atoms with E-state index in [9.17, 15) is 9.59 Å². The Balaban J connectivity index is 2.43. The molecule has 0 bridgehead atoms. The maximum atomic E-state index is 10.6. The van der Waals surface area contributed by atoms with Crippen LogP contribution in [-0.2, 0) is 4.79 Å². The van der Waals surface area contributed by atoms with Crippen LogP contribution in [0.4, 0.5) is 0 Å². The normalized spacial score (nSPS) is 10.4. The van der Waals surface area contributed by atoms with Gasteiger partial charge in [-0.15, -0.1) is 0 Å². The number of rotatable bonds is 5. The van der Waals surface area contributed by atoms with E-state index in [2.05, 4.69) is 5.32 Å². The predicted octanol–water partition coefficient (Wildman–Crippen LogP) is 1.92. The first kappa shape index (κ1) is 13.0. The zero-order chi connectivity index (χ0) is 12.7. The summed E-state index contributed by atoms with van der Waals surface area (Å²) in [6.07, 6.45) is 4.58.